The maximum atomic E-state index is 13.1. The number of carbonyl (C=O) groups is 2. The van der Waals surface area contributed by atoms with Gasteiger partial charge in [-0.1, -0.05) is 69.4 Å². The third-order valence-corrected chi connectivity index (χ3v) is 14.3. The van der Waals surface area contributed by atoms with Crippen molar-refractivity contribution in [3.8, 4) is 0 Å². The first-order valence-electron chi connectivity index (χ1n) is 23.5. The van der Waals surface area contributed by atoms with Crippen LogP contribution >= 0.6 is 11.6 Å². The van der Waals surface area contributed by atoms with Crippen LogP contribution in [0, 0.1) is 12.8 Å². The van der Waals surface area contributed by atoms with Gasteiger partial charge in [-0.3, -0.25) is 28.7 Å². The number of amides is 1. The van der Waals surface area contributed by atoms with E-state index in [1.165, 1.54) is 18.3 Å². The number of sulfonamides is 1. The van der Waals surface area contributed by atoms with E-state index in [1.807, 2.05) is 19.3 Å². The van der Waals surface area contributed by atoms with Gasteiger partial charge in [-0.2, -0.15) is 4.98 Å². The smallest absolute Gasteiger partial charge is 0.323 e. The maximum absolute atomic E-state index is 13.1. The molecule has 17 nitrogen and oxygen atoms in total. The number of carboxylic acids is 1. The first-order valence-corrected chi connectivity index (χ1v) is 25.3. The number of aromatic nitrogens is 5. The van der Waals surface area contributed by atoms with Crippen molar-refractivity contribution in [2.45, 2.75) is 121 Å². The molecular formula is C48H61ClN10O7S. The second-order valence-corrected chi connectivity index (χ2v) is 19.8. The molecule has 0 unspecified atom stereocenters. The summed E-state index contributed by atoms with van der Waals surface area (Å²) < 4.78 is 31.8. The van der Waals surface area contributed by atoms with Crippen molar-refractivity contribution >= 4 is 73.2 Å². The summed E-state index contributed by atoms with van der Waals surface area (Å²) in [6, 6.07) is 11.4. The van der Waals surface area contributed by atoms with Gasteiger partial charge in [-0.05, 0) is 87.4 Å². The number of halogens is 1. The van der Waals surface area contributed by atoms with Gasteiger partial charge < -0.3 is 30.5 Å². The van der Waals surface area contributed by atoms with E-state index in [1.54, 1.807) is 35.0 Å². The van der Waals surface area contributed by atoms with Gasteiger partial charge in [-0.25, -0.2) is 18.1 Å². The van der Waals surface area contributed by atoms with Crippen LogP contribution in [0.15, 0.2) is 81.7 Å². The number of unbranched alkanes of at least 4 members (excludes halogenated alkanes) is 8. The van der Waals surface area contributed by atoms with Crippen LogP contribution in [0.2, 0.25) is 5.02 Å². The zero-order chi connectivity index (χ0) is 47.3. The molecule has 7 rings (SSSR count). The predicted molar refractivity (Wildman–Crippen MR) is 262 cm³/mol. The number of aliphatic carboxylic acids is 1. The lowest BCUT2D eigenvalue weighted by Gasteiger charge is -2.33. The predicted octanol–water partition coefficient (Wildman–Crippen LogP) is 8.01. The van der Waals surface area contributed by atoms with E-state index in [0.717, 1.165) is 125 Å². The number of carboxylic acid groups (broad SMARTS) is 1. The monoisotopic (exact) mass is 956 g/mol. The number of nitrogens with one attached hydrogen (secondary N) is 4. The molecule has 5 N–H and O–H groups in total. The van der Waals surface area contributed by atoms with E-state index in [0.29, 0.717) is 47.0 Å². The first-order chi connectivity index (χ1) is 32.3. The fraction of sp³-hybridized carbons (Fsp3) is 0.479. The third kappa shape index (κ3) is 13.4. The molecule has 358 valence electrons. The molecule has 1 aromatic carbocycles. The van der Waals surface area contributed by atoms with E-state index in [4.69, 9.17) is 21.7 Å². The van der Waals surface area contributed by atoms with E-state index in [2.05, 4.69) is 41.6 Å². The van der Waals surface area contributed by atoms with Gasteiger partial charge in [-0.15, -0.1) is 0 Å². The Kier molecular flexibility index (Phi) is 17.0. The number of piperidine rings is 1. The molecule has 1 saturated carbocycles. The summed E-state index contributed by atoms with van der Waals surface area (Å²) >= 11 is 6.28. The quantitative estimate of drug-likeness (QED) is 0.0392. The minimum atomic E-state index is -3.68. The summed E-state index contributed by atoms with van der Waals surface area (Å²) in [6.07, 6.45) is 21.6. The van der Waals surface area contributed by atoms with Crippen molar-refractivity contribution in [3.63, 3.8) is 0 Å². The Labute approximate surface area is 395 Å². The number of aryl methyl sites for hydroxylation is 1. The molecule has 19 heteroatoms. The van der Waals surface area contributed by atoms with Crippen LogP contribution in [0.25, 0.3) is 11.0 Å². The van der Waals surface area contributed by atoms with E-state index in [-0.39, 0.29) is 33.3 Å². The van der Waals surface area contributed by atoms with Crippen LogP contribution in [-0.4, -0.2) is 75.7 Å². The number of anilines is 5. The van der Waals surface area contributed by atoms with Crippen LogP contribution in [0.5, 0.6) is 0 Å². The highest BCUT2D eigenvalue weighted by atomic mass is 35.5. The summed E-state index contributed by atoms with van der Waals surface area (Å²) in [7, 11) is -3.68. The number of carbonyl (C=O) groups excluding carboxylic acids is 1. The number of rotatable bonds is 23. The zero-order valence-corrected chi connectivity index (χ0v) is 39.6. The molecule has 0 radical (unpaired) electrons. The maximum Gasteiger partial charge on any atom is 0.323 e. The Bertz CT molecular complexity index is 2760. The third-order valence-electron chi connectivity index (χ3n) is 12.6. The fourth-order valence-corrected chi connectivity index (χ4v) is 10.3. The van der Waals surface area contributed by atoms with Crippen molar-refractivity contribution in [3.05, 3.63) is 98.5 Å². The number of hydrogen-bond donors (Lipinski definition) is 5. The number of nitrogens with zero attached hydrogens (tertiary/aromatic N) is 6. The highest BCUT2D eigenvalue weighted by Crippen LogP contribution is 2.32. The Morgan fingerprint density at radius 1 is 0.851 bits per heavy atom. The van der Waals surface area contributed by atoms with Crippen molar-refractivity contribution < 1.29 is 23.1 Å². The van der Waals surface area contributed by atoms with Crippen LogP contribution in [0.3, 0.4) is 0 Å². The molecule has 1 atom stereocenters. The standard InChI is InChI=1S/C48H61ClN10O7S/c1-33-24-40(18-19-42(33)55-48-52-27-35-25-41(49)47(64)59(45(35)56-48)38-15-9-10-16-38)67(65,66)53-22-12-8-6-4-2-3-5-7-11-21-51-37-26-39(29-50-28-37)57-23-13-14-34(30-57)46(63)54-36-17-20-43(60)58(31-36)32-44(61)62/h17-20,24-29,31,34,38,51,53H,2-16,21-23,30,32H2,1H3,(H,54,63)(H,61,62)(H,52,55,56)/t34-/m0/s1. The highest BCUT2D eigenvalue weighted by molar-refractivity contribution is 7.89. The Hall–Kier alpha value is -5.85. The van der Waals surface area contributed by atoms with Gasteiger partial charge in [0.25, 0.3) is 11.1 Å². The number of benzene rings is 1. The molecular weight excluding hydrogens is 896 g/mol. The van der Waals surface area contributed by atoms with E-state index in [9.17, 15) is 27.6 Å². The average Bonchev–Trinajstić information content (AvgIpc) is 3.85. The minimum Gasteiger partial charge on any atom is -0.480 e. The molecule has 5 aromatic rings. The van der Waals surface area contributed by atoms with Gasteiger partial charge in [0.2, 0.25) is 21.9 Å². The summed E-state index contributed by atoms with van der Waals surface area (Å²) in [6.45, 7) is 3.89. The lowest BCUT2D eigenvalue weighted by atomic mass is 9.96. The van der Waals surface area contributed by atoms with Gasteiger partial charge >= 0.3 is 5.97 Å². The zero-order valence-electron chi connectivity index (χ0n) is 38.0. The largest absolute Gasteiger partial charge is 0.480 e. The second kappa shape index (κ2) is 23.2. The molecule has 1 amide bonds. The molecule has 0 bridgehead atoms. The summed E-state index contributed by atoms with van der Waals surface area (Å²) in [4.78, 5) is 65.2. The number of hydrogen-bond acceptors (Lipinski definition) is 12. The molecule has 1 saturated heterocycles. The van der Waals surface area contributed by atoms with Crippen LogP contribution < -0.4 is 36.7 Å². The fourth-order valence-electron chi connectivity index (χ4n) is 8.96. The Balaban J connectivity index is 0.749. The summed E-state index contributed by atoms with van der Waals surface area (Å²) in [5.41, 5.74) is 3.47. The molecule has 4 aromatic heterocycles. The summed E-state index contributed by atoms with van der Waals surface area (Å²) in [5.74, 6) is -1.27. The van der Waals surface area contributed by atoms with Crippen LogP contribution in [0.1, 0.15) is 108 Å². The topological polar surface area (TPSA) is 223 Å². The van der Waals surface area contributed by atoms with Crippen LogP contribution in [-0.2, 0) is 26.2 Å². The molecule has 0 spiro atoms. The molecule has 1 aliphatic carbocycles. The number of pyridine rings is 3. The number of fused-ring (bicyclic) bond motifs is 1. The average molecular weight is 958 g/mol. The molecule has 5 heterocycles. The van der Waals surface area contributed by atoms with Gasteiger partial charge in [0.1, 0.15) is 17.2 Å². The molecule has 2 fully saturated rings. The second-order valence-electron chi connectivity index (χ2n) is 17.7. The Morgan fingerprint density at radius 2 is 1.58 bits per heavy atom. The van der Waals surface area contributed by atoms with Crippen LogP contribution in [0.4, 0.5) is 28.7 Å². The minimum absolute atomic E-state index is 0.0445. The van der Waals surface area contributed by atoms with Gasteiger partial charge in [0.15, 0.2) is 0 Å². The lowest BCUT2D eigenvalue weighted by molar-refractivity contribution is -0.137. The van der Waals surface area contributed by atoms with Crippen molar-refractivity contribution in [1.29, 1.82) is 0 Å². The van der Waals surface area contributed by atoms with Gasteiger partial charge in [0.05, 0.1) is 40.3 Å². The normalized spacial score (nSPS) is 15.5. The SMILES string of the molecule is Cc1cc(S(=O)(=O)NCCCCCCCCCCCNc2cncc(N3CCC[C@H](C(=O)Nc4ccc(=O)n(CC(=O)O)c4)C3)c2)ccc1Nc1ncc2cc(Cl)c(=O)n(C3CCCC3)c2n1. The molecule has 67 heavy (non-hydrogen) atoms. The van der Waals surface area contributed by atoms with Gasteiger partial charge in [0, 0.05) is 61.8 Å². The van der Waals surface area contributed by atoms with Crippen molar-refractivity contribution in [1.82, 2.24) is 28.8 Å². The van der Waals surface area contributed by atoms with Crippen molar-refractivity contribution in [2.75, 3.05) is 47.0 Å². The molecule has 2 aliphatic rings. The Morgan fingerprint density at radius 3 is 2.31 bits per heavy atom. The lowest BCUT2D eigenvalue weighted by Crippen LogP contribution is -2.41. The first kappa shape index (κ1) is 49.1. The summed E-state index contributed by atoms with van der Waals surface area (Å²) in [5, 5.41) is 19.5. The highest BCUT2D eigenvalue weighted by Gasteiger charge is 2.27. The van der Waals surface area contributed by atoms with Crippen molar-refractivity contribution in [2.24, 2.45) is 5.92 Å². The molecule has 1 aliphatic heterocycles. The van der Waals surface area contributed by atoms with E-state index < -0.39 is 28.1 Å². The van der Waals surface area contributed by atoms with E-state index >= 15 is 0 Å².